The van der Waals surface area contributed by atoms with Crippen LogP contribution in [0.5, 0.6) is 5.75 Å². The van der Waals surface area contributed by atoms with Gasteiger partial charge in [0.15, 0.2) is 0 Å². The number of hydrogen-bond donors (Lipinski definition) is 0. The molecule has 1 saturated carbocycles. The summed E-state index contributed by atoms with van der Waals surface area (Å²) in [6, 6.07) is 12.1. The Bertz CT molecular complexity index is 1060. The summed E-state index contributed by atoms with van der Waals surface area (Å²) in [5.74, 6) is -0.528. The fourth-order valence-electron chi connectivity index (χ4n) is 4.92. The largest absolute Gasteiger partial charge is 0.423 e. The molecule has 5 nitrogen and oxygen atoms in total. The first-order valence-electron chi connectivity index (χ1n) is 9.90. The Morgan fingerprint density at radius 1 is 0.966 bits per heavy atom. The zero-order valence-electron chi connectivity index (χ0n) is 16.3. The van der Waals surface area contributed by atoms with Crippen LogP contribution in [-0.4, -0.2) is 17.8 Å². The van der Waals surface area contributed by atoms with Crippen molar-refractivity contribution in [3.63, 3.8) is 0 Å². The van der Waals surface area contributed by atoms with Crippen LogP contribution in [0.1, 0.15) is 27.9 Å². The third-order valence-electron chi connectivity index (χ3n) is 6.57. The minimum absolute atomic E-state index is 0.156. The molecule has 2 amide bonds. The molecule has 1 heterocycles. The second-order valence-electron chi connectivity index (χ2n) is 8.15. The molecular formula is C24H21NO4. The van der Waals surface area contributed by atoms with Crippen LogP contribution in [0.2, 0.25) is 0 Å². The van der Waals surface area contributed by atoms with E-state index >= 15 is 0 Å². The van der Waals surface area contributed by atoms with Gasteiger partial charge in [0.25, 0.3) is 0 Å². The van der Waals surface area contributed by atoms with E-state index in [2.05, 4.69) is 12.2 Å². The number of aryl methyl sites for hydroxylation is 1. The SMILES string of the molecule is Cc1cccc(OC(=O)c2cccc(N3C(=O)[C@@H]4[C@H](C3=O)[C@H]3C=C[C@@H]4C3)c2)c1C. The van der Waals surface area contributed by atoms with Gasteiger partial charge in [-0.2, -0.15) is 0 Å². The van der Waals surface area contributed by atoms with Gasteiger partial charge in [-0.25, -0.2) is 9.69 Å². The number of carbonyl (C=O) groups excluding carboxylic acids is 3. The van der Waals surface area contributed by atoms with Gasteiger partial charge >= 0.3 is 5.97 Å². The molecule has 2 bridgehead atoms. The fourth-order valence-corrected chi connectivity index (χ4v) is 4.92. The summed E-state index contributed by atoms with van der Waals surface area (Å²) in [6.45, 7) is 3.85. The number of esters is 1. The smallest absolute Gasteiger partial charge is 0.343 e. The van der Waals surface area contributed by atoms with Gasteiger partial charge in [-0.3, -0.25) is 9.59 Å². The van der Waals surface area contributed by atoms with E-state index in [1.54, 1.807) is 30.3 Å². The first kappa shape index (κ1) is 17.9. The normalized spacial score (nSPS) is 26.9. The van der Waals surface area contributed by atoms with Crippen molar-refractivity contribution >= 4 is 23.5 Å². The number of fused-ring (bicyclic) bond motifs is 5. The Morgan fingerprint density at radius 2 is 1.62 bits per heavy atom. The van der Waals surface area contributed by atoms with Crippen LogP contribution in [0.3, 0.4) is 0 Å². The molecule has 0 unspecified atom stereocenters. The summed E-state index contributed by atoms with van der Waals surface area (Å²) in [7, 11) is 0. The number of rotatable bonds is 3. The van der Waals surface area contributed by atoms with Gasteiger partial charge in [0.2, 0.25) is 11.8 Å². The lowest BCUT2D eigenvalue weighted by atomic mass is 9.85. The van der Waals surface area contributed by atoms with E-state index in [1.165, 1.54) is 4.90 Å². The van der Waals surface area contributed by atoms with Gasteiger partial charge in [-0.1, -0.05) is 30.4 Å². The molecule has 0 aromatic heterocycles. The maximum Gasteiger partial charge on any atom is 0.343 e. The van der Waals surface area contributed by atoms with E-state index in [4.69, 9.17) is 4.74 Å². The van der Waals surface area contributed by atoms with Crippen LogP contribution < -0.4 is 9.64 Å². The average molecular weight is 387 g/mol. The van der Waals surface area contributed by atoms with Crippen molar-refractivity contribution < 1.29 is 19.1 Å². The van der Waals surface area contributed by atoms with Gasteiger partial charge < -0.3 is 4.74 Å². The van der Waals surface area contributed by atoms with Crippen LogP contribution in [0.15, 0.2) is 54.6 Å². The molecule has 5 heteroatoms. The minimum atomic E-state index is -0.512. The van der Waals surface area contributed by atoms with Gasteiger partial charge in [0.05, 0.1) is 23.1 Å². The predicted molar refractivity (Wildman–Crippen MR) is 108 cm³/mol. The molecule has 146 valence electrons. The van der Waals surface area contributed by atoms with Crippen molar-refractivity contribution in [2.24, 2.45) is 23.7 Å². The molecule has 2 aromatic carbocycles. The molecular weight excluding hydrogens is 366 g/mol. The maximum atomic E-state index is 13.0. The van der Waals surface area contributed by atoms with E-state index in [0.717, 1.165) is 17.5 Å². The highest BCUT2D eigenvalue weighted by Gasteiger charge is 2.59. The highest BCUT2D eigenvalue weighted by Crippen LogP contribution is 2.53. The minimum Gasteiger partial charge on any atom is -0.423 e. The van der Waals surface area contributed by atoms with Crippen molar-refractivity contribution in [1.29, 1.82) is 0 Å². The highest BCUT2D eigenvalue weighted by molar-refractivity contribution is 6.23. The van der Waals surface area contributed by atoms with Crippen molar-refractivity contribution in [3.8, 4) is 5.75 Å². The summed E-state index contributed by atoms with van der Waals surface area (Å²) < 4.78 is 5.56. The van der Waals surface area contributed by atoms with Crippen LogP contribution in [0.25, 0.3) is 0 Å². The summed E-state index contributed by atoms with van der Waals surface area (Å²) in [6.07, 6.45) is 5.03. The number of anilines is 1. The molecule has 5 rings (SSSR count). The standard InChI is InChI=1S/C24H21NO4/c1-13-5-3-8-19(14(13)2)29-24(28)17-6-4-7-18(12-17)25-22(26)20-15-9-10-16(11-15)21(20)23(25)27/h3-10,12,15-16,20-21H,11H2,1-2H3/t15-,16+,20+,21-. The topological polar surface area (TPSA) is 63.7 Å². The van der Waals surface area contributed by atoms with Gasteiger partial charge in [0, 0.05) is 0 Å². The lowest BCUT2D eigenvalue weighted by Gasteiger charge is -2.18. The Labute approximate surface area is 169 Å². The third-order valence-corrected chi connectivity index (χ3v) is 6.57. The number of carbonyl (C=O) groups is 3. The predicted octanol–water partition coefficient (Wildman–Crippen LogP) is 3.83. The number of imide groups is 1. The van der Waals surface area contributed by atoms with Crippen LogP contribution in [-0.2, 0) is 9.59 Å². The molecule has 0 radical (unpaired) electrons. The molecule has 1 aliphatic heterocycles. The first-order valence-corrected chi connectivity index (χ1v) is 9.90. The van der Waals surface area contributed by atoms with Crippen LogP contribution in [0, 0.1) is 37.5 Å². The monoisotopic (exact) mass is 387 g/mol. The van der Waals surface area contributed by atoms with Crippen molar-refractivity contribution in [3.05, 3.63) is 71.3 Å². The second-order valence-corrected chi connectivity index (χ2v) is 8.15. The Morgan fingerprint density at radius 3 is 2.31 bits per heavy atom. The molecule has 1 saturated heterocycles. The average Bonchev–Trinajstić information content (AvgIpc) is 3.39. The van der Waals surface area contributed by atoms with E-state index in [9.17, 15) is 14.4 Å². The van der Waals surface area contributed by atoms with Crippen molar-refractivity contribution in [1.82, 2.24) is 0 Å². The van der Waals surface area contributed by atoms with Gasteiger partial charge in [0.1, 0.15) is 5.75 Å². The number of allylic oxidation sites excluding steroid dienone is 2. The number of ether oxygens (including phenoxy) is 1. The summed E-state index contributed by atoms with van der Waals surface area (Å²) >= 11 is 0. The first-order chi connectivity index (χ1) is 14.0. The summed E-state index contributed by atoms with van der Waals surface area (Å²) in [5, 5.41) is 0. The Kier molecular flexibility index (Phi) is 3.95. The lowest BCUT2D eigenvalue weighted by molar-refractivity contribution is -0.123. The van der Waals surface area contributed by atoms with Gasteiger partial charge in [-0.05, 0) is 67.5 Å². The van der Waals surface area contributed by atoms with E-state index < -0.39 is 5.97 Å². The van der Waals surface area contributed by atoms with Crippen LogP contribution >= 0.6 is 0 Å². The third kappa shape index (κ3) is 2.64. The van der Waals surface area contributed by atoms with Crippen molar-refractivity contribution in [2.75, 3.05) is 4.90 Å². The van der Waals surface area contributed by atoms with E-state index in [-0.39, 0.29) is 35.5 Å². The fraction of sp³-hybridized carbons (Fsp3) is 0.292. The molecule has 2 fully saturated rings. The molecule has 0 spiro atoms. The van der Waals surface area contributed by atoms with E-state index in [0.29, 0.717) is 17.0 Å². The number of nitrogens with zero attached hydrogens (tertiary/aromatic N) is 1. The maximum absolute atomic E-state index is 13.0. The molecule has 2 aromatic rings. The molecule has 3 aliphatic rings. The van der Waals surface area contributed by atoms with Gasteiger partial charge in [-0.15, -0.1) is 0 Å². The summed E-state index contributed by atoms with van der Waals surface area (Å²) in [5.41, 5.74) is 2.68. The molecule has 2 aliphatic carbocycles. The van der Waals surface area contributed by atoms with Crippen LogP contribution in [0.4, 0.5) is 5.69 Å². The zero-order chi connectivity index (χ0) is 20.3. The van der Waals surface area contributed by atoms with E-state index in [1.807, 2.05) is 26.0 Å². The molecule has 0 N–H and O–H groups in total. The second kappa shape index (κ2) is 6.41. The zero-order valence-corrected chi connectivity index (χ0v) is 16.3. The Balaban J connectivity index is 1.42. The number of amides is 2. The highest BCUT2D eigenvalue weighted by atomic mass is 16.5. The number of benzene rings is 2. The number of hydrogen-bond acceptors (Lipinski definition) is 4. The lowest BCUT2D eigenvalue weighted by Crippen LogP contribution is -2.33. The summed E-state index contributed by atoms with van der Waals surface area (Å²) in [4.78, 5) is 40.0. The molecule has 29 heavy (non-hydrogen) atoms. The molecule has 4 atom stereocenters. The Hall–Kier alpha value is -3.21. The van der Waals surface area contributed by atoms with Crippen molar-refractivity contribution in [2.45, 2.75) is 20.3 Å². The quantitative estimate of drug-likeness (QED) is 0.347.